The normalized spacial score (nSPS) is 10.6. The number of aromatic hydroxyl groups is 1. The lowest BCUT2D eigenvalue weighted by Crippen LogP contribution is -1.89. The zero-order valence-electron chi connectivity index (χ0n) is 9.62. The highest BCUT2D eigenvalue weighted by atomic mass is 35.5. The number of halogens is 1. The van der Waals surface area contributed by atoms with Crippen molar-refractivity contribution in [3.63, 3.8) is 0 Å². The molecule has 3 rings (SSSR count). The van der Waals surface area contributed by atoms with Crippen molar-refractivity contribution in [1.29, 1.82) is 0 Å². The van der Waals surface area contributed by atoms with Crippen molar-refractivity contribution in [2.75, 3.05) is 0 Å². The minimum absolute atomic E-state index is 0.00543. The first kappa shape index (κ1) is 11.7. The molecule has 0 saturated carbocycles. The van der Waals surface area contributed by atoms with Crippen molar-refractivity contribution in [2.24, 2.45) is 0 Å². The van der Waals surface area contributed by atoms with Crippen molar-refractivity contribution < 1.29 is 9.84 Å². The van der Waals surface area contributed by atoms with E-state index in [9.17, 15) is 5.11 Å². The van der Waals surface area contributed by atoms with E-state index in [1.807, 2.05) is 0 Å². The lowest BCUT2D eigenvalue weighted by molar-refractivity contribution is 0.458. The van der Waals surface area contributed by atoms with Crippen LogP contribution in [-0.4, -0.2) is 20.1 Å². The average molecular weight is 274 g/mol. The minimum Gasteiger partial charge on any atom is -0.493 e. The highest BCUT2D eigenvalue weighted by molar-refractivity contribution is 6.28. The summed E-state index contributed by atoms with van der Waals surface area (Å²) < 4.78 is 5.57. The van der Waals surface area contributed by atoms with Gasteiger partial charge in [-0.1, -0.05) is 0 Å². The summed E-state index contributed by atoms with van der Waals surface area (Å²) in [7, 11) is 0. The SMILES string of the molecule is Oc1nccc2cc(Oc3ccnc(Cl)n3)ccc12. The van der Waals surface area contributed by atoms with Gasteiger partial charge < -0.3 is 9.84 Å². The fraction of sp³-hybridized carbons (Fsp3) is 0. The molecule has 0 amide bonds. The molecule has 2 heterocycles. The number of rotatable bonds is 2. The summed E-state index contributed by atoms with van der Waals surface area (Å²) in [5, 5.41) is 11.2. The zero-order valence-corrected chi connectivity index (χ0v) is 10.4. The highest BCUT2D eigenvalue weighted by Gasteiger charge is 2.04. The number of hydrogen-bond acceptors (Lipinski definition) is 5. The predicted octanol–water partition coefficient (Wildman–Crippen LogP) is 3.18. The van der Waals surface area contributed by atoms with E-state index in [1.54, 1.807) is 30.3 Å². The van der Waals surface area contributed by atoms with E-state index in [-0.39, 0.29) is 11.2 Å². The second kappa shape index (κ2) is 4.70. The van der Waals surface area contributed by atoms with E-state index >= 15 is 0 Å². The number of fused-ring (bicyclic) bond motifs is 1. The van der Waals surface area contributed by atoms with E-state index in [4.69, 9.17) is 16.3 Å². The van der Waals surface area contributed by atoms with Crippen LogP contribution in [0.15, 0.2) is 42.7 Å². The van der Waals surface area contributed by atoms with Gasteiger partial charge in [-0.3, -0.25) is 0 Å². The van der Waals surface area contributed by atoms with Gasteiger partial charge >= 0.3 is 0 Å². The number of aromatic nitrogens is 3. The van der Waals surface area contributed by atoms with Gasteiger partial charge in [0, 0.05) is 23.8 Å². The van der Waals surface area contributed by atoms with Crippen LogP contribution in [0, 0.1) is 0 Å². The van der Waals surface area contributed by atoms with E-state index < -0.39 is 0 Å². The molecule has 0 fully saturated rings. The third-order valence-electron chi connectivity index (χ3n) is 2.54. The fourth-order valence-electron chi connectivity index (χ4n) is 1.70. The Morgan fingerprint density at radius 1 is 1.05 bits per heavy atom. The molecule has 6 heteroatoms. The Morgan fingerprint density at radius 2 is 1.89 bits per heavy atom. The Labute approximate surface area is 113 Å². The first-order chi connectivity index (χ1) is 9.22. The lowest BCUT2D eigenvalue weighted by Gasteiger charge is -2.06. The number of ether oxygens (including phenoxy) is 1. The van der Waals surface area contributed by atoms with Crippen molar-refractivity contribution in [3.8, 4) is 17.5 Å². The van der Waals surface area contributed by atoms with Gasteiger partial charge in [-0.25, -0.2) is 9.97 Å². The highest BCUT2D eigenvalue weighted by Crippen LogP contribution is 2.28. The third-order valence-corrected chi connectivity index (χ3v) is 2.72. The summed E-state index contributed by atoms with van der Waals surface area (Å²) in [4.78, 5) is 11.5. The molecule has 0 aliphatic rings. The van der Waals surface area contributed by atoms with Crippen molar-refractivity contribution in [1.82, 2.24) is 15.0 Å². The molecule has 0 bridgehead atoms. The van der Waals surface area contributed by atoms with Crippen LogP contribution in [0.3, 0.4) is 0 Å². The molecule has 0 spiro atoms. The van der Waals surface area contributed by atoms with Gasteiger partial charge in [0.05, 0.1) is 0 Å². The molecular formula is C13H8ClN3O2. The van der Waals surface area contributed by atoms with E-state index in [1.165, 1.54) is 12.4 Å². The topological polar surface area (TPSA) is 68.1 Å². The maximum atomic E-state index is 9.60. The van der Waals surface area contributed by atoms with Gasteiger partial charge in [0.1, 0.15) is 5.75 Å². The van der Waals surface area contributed by atoms with Crippen LogP contribution in [0.5, 0.6) is 17.5 Å². The lowest BCUT2D eigenvalue weighted by atomic mass is 10.1. The maximum absolute atomic E-state index is 9.60. The standard InChI is InChI=1S/C13H8ClN3O2/c14-13-16-6-4-11(17-13)19-9-1-2-10-8(7-9)3-5-15-12(10)18/h1-7H,(H,15,18). The van der Waals surface area contributed by atoms with Gasteiger partial charge in [0.15, 0.2) is 0 Å². The largest absolute Gasteiger partial charge is 0.493 e. The molecule has 19 heavy (non-hydrogen) atoms. The molecule has 0 radical (unpaired) electrons. The van der Waals surface area contributed by atoms with Crippen molar-refractivity contribution in [3.05, 3.63) is 48.0 Å². The summed E-state index contributed by atoms with van der Waals surface area (Å²) in [6.45, 7) is 0. The number of hydrogen-bond donors (Lipinski definition) is 1. The van der Waals surface area contributed by atoms with E-state index in [0.29, 0.717) is 17.0 Å². The first-order valence-corrected chi connectivity index (χ1v) is 5.84. The summed E-state index contributed by atoms with van der Waals surface area (Å²) in [6.07, 6.45) is 3.05. The molecule has 1 aromatic carbocycles. The number of benzene rings is 1. The van der Waals surface area contributed by atoms with Gasteiger partial charge in [-0.15, -0.1) is 0 Å². The Balaban J connectivity index is 1.98. The van der Waals surface area contributed by atoms with Gasteiger partial charge in [-0.05, 0) is 41.3 Å². The number of pyridine rings is 1. The molecule has 0 aliphatic carbocycles. The Bertz CT molecular complexity index is 749. The fourth-order valence-corrected chi connectivity index (χ4v) is 1.84. The van der Waals surface area contributed by atoms with Crippen LogP contribution in [0.2, 0.25) is 5.28 Å². The molecule has 0 saturated heterocycles. The zero-order chi connectivity index (χ0) is 13.2. The van der Waals surface area contributed by atoms with Crippen LogP contribution >= 0.6 is 11.6 Å². The molecule has 1 N–H and O–H groups in total. The predicted molar refractivity (Wildman–Crippen MR) is 70.5 cm³/mol. The Morgan fingerprint density at radius 3 is 2.74 bits per heavy atom. The van der Waals surface area contributed by atoms with Gasteiger partial charge in [-0.2, -0.15) is 4.98 Å². The van der Waals surface area contributed by atoms with E-state index in [0.717, 1.165) is 5.39 Å². The molecule has 0 unspecified atom stereocenters. The van der Waals surface area contributed by atoms with Gasteiger partial charge in [0.25, 0.3) is 0 Å². The van der Waals surface area contributed by atoms with Gasteiger partial charge in [0.2, 0.25) is 17.0 Å². The van der Waals surface area contributed by atoms with Crippen LogP contribution in [-0.2, 0) is 0 Å². The van der Waals surface area contributed by atoms with Crippen molar-refractivity contribution >= 4 is 22.4 Å². The quantitative estimate of drug-likeness (QED) is 0.726. The molecule has 5 nitrogen and oxygen atoms in total. The summed E-state index contributed by atoms with van der Waals surface area (Å²) in [5.74, 6) is 0.944. The smallest absolute Gasteiger partial charge is 0.225 e. The first-order valence-electron chi connectivity index (χ1n) is 5.46. The van der Waals surface area contributed by atoms with Crippen LogP contribution in [0.25, 0.3) is 10.8 Å². The molecule has 0 aliphatic heterocycles. The average Bonchev–Trinajstić information content (AvgIpc) is 2.39. The van der Waals surface area contributed by atoms with E-state index in [2.05, 4.69) is 15.0 Å². The number of nitrogens with zero attached hydrogens (tertiary/aromatic N) is 3. The summed E-state index contributed by atoms with van der Waals surface area (Å²) >= 11 is 5.68. The summed E-state index contributed by atoms with van der Waals surface area (Å²) in [5.41, 5.74) is 0. The molecule has 3 aromatic rings. The molecule has 94 valence electrons. The summed E-state index contributed by atoms with van der Waals surface area (Å²) in [6, 6.07) is 8.64. The Kier molecular flexibility index (Phi) is 2.89. The molecule has 2 aromatic heterocycles. The monoisotopic (exact) mass is 273 g/mol. The van der Waals surface area contributed by atoms with Crippen LogP contribution in [0.4, 0.5) is 0 Å². The second-order valence-corrected chi connectivity index (χ2v) is 4.12. The van der Waals surface area contributed by atoms with Crippen molar-refractivity contribution in [2.45, 2.75) is 0 Å². The minimum atomic E-state index is -0.00543. The van der Waals surface area contributed by atoms with Crippen LogP contribution < -0.4 is 4.74 Å². The molecule has 0 atom stereocenters. The Hall–Kier alpha value is -2.40. The maximum Gasteiger partial charge on any atom is 0.225 e. The second-order valence-electron chi connectivity index (χ2n) is 3.78. The molecular weight excluding hydrogens is 266 g/mol. The third kappa shape index (κ3) is 2.41. The van der Waals surface area contributed by atoms with Crippen LogP contribution in [0.1, 0.15) is 0 Å².